The van der Waals surface area contributed by atoms with E-state index in [9.17, 15) is 14.4 Å². The number of nitrogens with zero attached hydrogens (tertiary/aromatic N) is 1. The van der Waals surface area contributed by atoms with Crippen LogP contribution in [-0.4, -0.2) is 62.8 Å². The normalized spacial score (nSPS) is 13.1. The minimum Gasteiger partial charge on any atom is -0.465 e. The molecule has 2 unspecified atom stereocenters. The molecule has 0 bridgehead atoms. The summed E-state index contributed by atoms with van der Waals surface area (Å²) < 4.78 is 17.7. The lowest BCUT2D eigenvalue weighted by molar-refractivity contribution is -0.156. The molecule has 0 N–H and O–H groups in total. The highest BCUT2D eigenvalue weighted by Crippen LogP contribution is 2.29. The average Bonchev–Trinajstić information content (AvgIpc) is 3.19. The molecule has 7 heteroatoms. The number of rotatable bonds is 43. The van der Waals surface area contributed by atoms with Gasteiger partial charge >= 0.3 is 17.9 Å². The standard InChI is InChI=1S/C52H101NO6/c1-10-13-16-18-20-27-34-44-57-49(55)51(4,5)41-33-26-24-31-39-47(59-48(54)40-35-43-53(8)9)38-30-23-21-25-32-42-52(6,7)50(56)58-45-46(36-28-15-12-3)37-29-22-19-17-14-11-2/h46-47H,10-45H2,1-9H3. The van der Waals surface area contributed by atoms with E-state index in [0.29, 0.717) is 25.6 Å². The van der Waals surface area contributed by atoms with Gasteiger partial charge in [0.25, 0.3) is 0 Å². The SMILES string of the molecule is CCCCCCCCCOC(=O)C(C)(C)CCCCCCC(CCCCCCCC(C)(C)C(=O)OCC(CCCCC)CCCCCCCC)OC(=O)CCCN(C)C. The minimum atomic E-state index is -0.452. The first-order chi connectivity index (χ1) is 28.3. The lowest BCUT2D eigenvalue weighted by Gasteiger charge is -2.25. The van der Waals surface area contributed by atoms with Gasteiger partial charge < -0.3 is 19.1 Å². The van der Waals surface area contributed by atoms with Crippen LogP contribution >= 0.6 is 0 Å². The first-order valence-electron chi connectivity index (χ1n) is 25.5. The molecule has 2 atom stereocenters. The summed E-state index contributed by atoms with van der Waals surface area (Å²) >= 11 is 0. The highest BCUT2D eigenvalue weighted by Gasteiger charge is 2.30. The van der Waals surface area contributed by atoms with Gasteiger partial charge in [0.05, 0.1) is 24.0 Å². The first-order valence-corrected chi connectivity index (χ1v) is 25.5. The van der Waals surface area contributed by atoms with Crippen LogP contribution in [0, 0.1) is 16.7 Å². The van der Waals surface area contributed by atoms with Gasteiger partial charge in [0, 0.05) is 6.42 Å². The highest BCUT2D eigenvalue weighted by atomic mass is 16.5. The molecule has 0 spiro atoms. The number of esters is 3. The lowest BCUT2D eigenvalue weighted by atomic mass is 9.86. The van der Waals surface area contributed by atoms with Crippen molar-refractivity contribution in [2.75, 3.05) is 33.9 Å². The molecule has 0 amide bonds. The summed E-state index contributed by atoms with van der Waals surface area (Å²) in [6.45, 7) is 16.9. The molecule has 0 aliphatic carbocycles. The van der Waals surface area contributed by atoms with E-state index in [-0.39, 0.29) is 24.0 Å². The first kappa shape index (κ1) is 57.4. The zero-order valence-corrected chi connectivity index (χ0v) is 41.0. The Bertz CT molecular complexity index is 994. The minimum absolute atomic E-state index is 0.0273. The van der Waals surface area contributed by atoms with Crippen LogP contribution in [0.25, 0.3) is 0 Å². The van der Waals surface area contributed by atoms with Crippen molar-refractivity contribution in [1.29, 1.82) is 0 Å². The molecule has 0 aromatic carbocycles. The van der Waals surface area contributed by atoms with Crippen LogP contribution in [0.15, 0.2) is 0 Å². The van der Waals surface area contributed by atoms with Crippen LogP contribution in [0.3, 0.4) is 0 Å². The number of ether oxygens (including phenoxy) is 3. The summed E-state index contributed by atoms with van der Waals surface area (Å²) in [6, 6.07) is 0. The fourth-order valence-electron chi connectivity index (χ4n) is 8.03. The Morgan fingerprint density at radius 1 is 0.475 bits per heavy atom. The van der Waals surface area contributed by atoms with Gasteiger partial charge in [-0.2, -0.15) is 0 Å². The molecule has 0 fully saturated rings. The Hall–Kier alpha value is -1.63. The molecule has 0 aromatic heterocycles. The van der Waals surface area contributed by atoms with Crippen LogP contribution in [0.5, 0.6) is 0 Å². The van der Waals surface area contributed by atoms with Gasteiger partial charge in [-0.05, 0) is 118 Å². The van der Waals surface area contributed by atoms with Crippen molar-refractivity contribution in [3.05, 3.63) is 0 Å². The number of hydrogen-bond donors (Lipinski definition) is 0. The number of carbonyl (C=O) groups excluding carboxylic acids is 3. The van der Waals surface area contributed by atoms with E-state index < -0.39 is 10.8 Å². The van der Waals surface area contributed by atoms with Crippen molar-refractivity contribution in [2.45, 2.75) is 266 Å². The topological polar surface area (TPSA) is 82.1 Å². The summed E-state index contributed by atoms with van der Waals surface area (Å²) in [6.07, 6.45) is 36.8. The zero-order valence-electron chi connectivity index (χ0n) is 41.0. The van der Waals surface area contributed by atoms with Gasteiger partial charge in [-0.25, -0.2) is 0 Å². The van der Waals surface area contributed by atoms with E-state index in [1.807, 2.05) is 27.9 Å². The monoisotopic (exact) mass is 836 g/mol. The zero-order chi connectivity index (χ0) is 44.0. The van der Waals surface area contributed by atoms with Crippen molar-refractivity contribution >= 4 is 17.9 Å². The van der Waals surface area contributed by atoms with E-state index in [0.717, 1.165) is 109 Å². The second kappa shape index (κ2) is 38.1. The number of carbonyl (C=O) groups is 3. The molecule has 0 saturated carbocycles. The fraction of sp³-hybridized carbons (Fsp3) is 0.942. The van der Waals surface area contributed by atoms with Crippen molar-refractivity contribution < 1.29 is 28.6 Å². The largest absolute Gasteiger partial charge is 0.465 e. The van der Waals surface area contributed by atoms with Crippen LogP contribution in [0.2, 0.25) is 0 Å². The maximum Gasteiger partial charge on any atom is 0.311 e. The summed E-state index contributed by atoms with van der Waals surface area (Å²) in [7, 11) is 4.07. The van der Waals surface area contributed by atoms with Gasteiger partial charge in [0.2, 0.25) is 0 Å². The molecule has 0 radical (unpaired) electrons. The van der Waals surface area contributed by atoms with E-state index >= 15 is 0 Å². The van der Waals surface area contributed by atoms with E-state index in [1.165, 1.54) is 103 Å². The van der Waals surface area contributed by atoms with Crippen molar-refractivity contribution in [3.8, 4) is 0 Å². The summed E-state index contributed by atoms with van der Waals surface area (Å²) in [5.74, 6) is 0.327. The molecule has 350 valence electrons. The predicted octanol–water partition coefficient (Wildman–Crippen LogP) is 15.1. The van der Waals surface area contributed by atoms with Crippen LogP contribution < -0.4 is 0 Å². The maximum atomic E-state index is 13.2. The summed E-state index contributed by atoms with van der Waals surface area (Å²) in [5, 5.41) is 0. The van der Waals surface area contributed by atoms with Gasteiger partial charge in [-0.1, -0.05) is 162 Å². The predicted molar refractivity (Wildman–Crippen MR) is 251 cm³/mol. The third kappa shape index (κ3) is 34.6. The van der Waals surface area contributed by atoms with Gasteiger partial charge in [0.15, 0.2) is 0 Å². The summed E-state index contributed by atoms with van der Waals surface area (Å²) in [4.78, 5) is 40.8. The van der Waals surface area contributed by atoms with Crippen LogP contribution in [0.4, 0.5) is 0 Å². The Morgan fingerprint density at radius 3 is 1.36 bits per heavy atom. The van der Waals surface area contributed by atoms with E-state index in [4.69, 9.17) is 14.2 Å². The van der Waals surface area contributed by atoms with E-state index in [2.05, 4.69) is 39.5 Å². The molecule has 7 nitrogen and oxygen atoms in total. The molecule has 0 rings (SSSR count). The molecule has 0 heterocycles. The Balaban J connectivity index is 4.60. The van der Waals surface area contributed by atoms with Crippen molar-refractivity contribution in [1.82, 2.24) is 4.90 Å². The fourth-order valence-corrected chi connectivity index (χ4v) is 8.03. The van der Waals surface area contributed by atoms with Crippen LogP contribution in [0.1, 0.15) is 260 Å². The smallest absolute Gasteiger partial charge is 0.311 e. The maximum absolute atomic E-state index is 13.2. The molecular weight excluding hydrogens is 735 g/mol. The molecule has 59 heavy (non-hydrogen) atoms. The summed E-state index contributed by atoms with van der Waals surface area (Å²) in [5.41, 5.74) is -0.902. The Labute approximate surface area is 367 Å². The van der Waals surface area contributed by atoms with Crippen molar-refractivity contribution in [2.24, 2.45) is 16.7 Å². The molecule has 0 saturated heterocycles. The average molecular weight is 836 g/mol. The van der Waals surface area contributed by atoms with Crippen LogP contribution in [-0.2, 0) is 28.6 Å². The third-order valence-corrected chi connectivity index (χ3v) is 12.4. The van der Waals surface area contributed by atoms with Gasteiger partial charge in [-0.3, -0.25) is 14.4 Å². The van der Waals surface area contributed by atoms with Crippen molar-refractivity contribution in [3.63, 3.8) is 0 Å². The highest BCUT2D eigenvalue weighted by molar-refractivity contribution is 5.76. The molecule has 0 aliphatic rings. The number of hydrogen-bond acceptors (Lipinski definition) is 7. The van der Waals surface area contributed by atoms with Gasteiger partial charge in [-0.15, -0.1) is 0 Å². The van der Waals surface area contributed by atoms with Gasteiger partial charge in [0.1, 0.15) is 6.10 Å². The second-order valence-electron chi connectivity index (χ2n) is 19.8. The second-order valence-corrected chi connectivity index (χ2v) is 19.8. The molecule has 0 aromatic rings. The Morgan fingerprint density at radius 2 is 0.864 bits per heavy atom. The third-order valence-electron chi connectivity index (χ3n) is 12.4. The van der Waals surface area contributed by atoms with E-state index in [1.54, 1.807) is 0 Å². The lowest BCUT2D eigenvalue weighted by Crippen LogP contribution is -2.28. The number of unbranched alkanes of at least 4 members (excludes halogenated alkanes) is 20. The molecular formula is C52H101NO6. The Kier molecular flexibility index (Phi) is 37.0. The molecule has 0 aliphatic heterocycles. The quantitative estimate of drug-likeness (QED) is 0.0344.